The van der Waals surface area contributed by atoms with Crippen LogP contribution in [0.15, 0.2) is 99.5 Å². The van der Waals surface area contributed by atoms with E-state index in [1.54, 1.807) is 36.4 Å². The minimum atomic E-state index is -4.28. The normalized spacial score (nSPS) is 17.3. The summed E-state index contributed by atoms with van der Waals surface area (Å²) in [6, 6.07) is 20.5. The van der Waals surface area contributed by atoms with E-state index in [-0.39, 0.29) is 10.7 Å². The van der Waals surface area contributed by atoms with Gasteiger partial charge >= 0.3 is 0 Å². The van der Waals surface area contributed by atoms with Crippen LogP contribution in [0.4, 0.5) is 10.2 Å². The van der Waals surface area contributed by atoms with Crippen molar-refractivity contribution in [2.24, 2.45) is 0 Å². The van der Waals surface area contributed by atoms with Gasteiger partial charge in [-0.15, -0.1) is 0 Å². The van der Waals surface area contributed by atoms with Crippen molar-refractivity contribution in [3.63, 3.8) is 0 Å². The van der Waals surface area contributed by atoms with Gasteiger partial charge in [0.05, 0.1) is 12.1 Å². The standard InChI is InChI=1S/C25H17Cl2FN2O3S/c26-17-9-5-15(6-10-17)23-24(16-7-11-18(27)12-8-16)30-22(31)14-13-21(25(30)29-23)34(32,33)20-4-2-1-3-19(20)28/h1-14,23-24,29H/t23-,24+/m1/s1. The van der Waals surface area contributed by atoms with Crippen molar-refractivity contribution < 1.29 is 12.8 Å². The Labute approximate surface area is 205 Å². The van der Waals surface area contributed by atoms with Crippen LogP contribution in [0.25, 0.3) is 0 Å². The third kappa shape index (κ3) is 3.79. The van der Waals surface area contributed by atoms with Crippen LogP contribution in [-0.4, -0.2) is 13.0 Å². The van der Waals surface area contributed by atoms with Crippen molar-refractivity contribution in [1.29, 1.82) is 0 Å². The summed E-state index contributed by atoms with van der Waals surface area (Å²) < 4.78 is 42.8. The highest BCUT2D eigenvalue weighted by Gasteiger charge is 2.39. The monoisotopic (exact) mass is 514 g/mol. The summed E-state index contributed by atoms with van der Waals surface area (Å²) >= 11 is 12.1. The first-order valence-corrected chi connectivity index (χ1v) is 12.5. The molecule has 0 aliphatic carbocycles. The van der Waals surface area contributed by atoms with Crippen molar-refractivity contribution in [2.75, 3.05) is 5.32 Å². The SMILES string of the molecule is O=c1ccc(S(=O)(=O)c2ccccc2F)c2n1[C@@H](c1ccc(Cl)cc1)[C@@H](c1ccc(Cl)cc1)N2. The van der Waals surface area contributed by atoms with Crippen molar-refractivity contribution >= 4 is 38.9 Å². The van der Waals surface area contributed by atoms with Gasteiger partial charge in [0.2, 0.25) is 9.84 Å². The quantitative estimate of drug-likeness (QED) is 0.369. The zero-order valence-corrected chi connectivity index (χ0v) is 19.8. The van der Waals surface area contributed by atoms with E-state index < -0.39 is 38.2 Å². The molecule has 3 aromatic carbocycles. The Balaban J connectivity index is 1.75. The number of rotatable bonds is 4. The first kappa shape index (κ1) is 22.7. The van der Waals surface area contributed by atoms with Crippen LogP contribution in [0.1, 0.15) is 23.2 Å². The lowest BCUT2D eigenvalue weighted by Crippen LogP contribution is -2.24. The molecule has 5 rings (SSSR count). The van der Waals surface area contributed by atoms with E-state index in [2.05, 4.69) is 5.32 Å². The molecule has 0 saturated heterocycles. The maximum absolute atomic E-state index is 14.5. The topological polar surface area (TPSA) is 68.2 Å². The van der Waals surface area contributed by atoms with Gasteiger partial charge in [0, 0.05) is 16.1 Å². The average molecular weight is 515 g/mol. The van der Waals surface area contributed by atoms with Crippen molar-refractivity contribution in [1.82, 2.24) is 4.57 Å². The summed E-state index contributed by atoms with van der Waals surface area (Å²) in [4.78, 5) is 12.4. The number of benzene rings is 3. The summed E-state index contributed by atoms with van der Waals surface area (Å²) in [5.74, 6) is -0.774. The molecule has 2 heterocycles. The lowest BCUT2D eigenvalue weighted by molar-refractivity contribution is 0.552. The third-order valence-electron chi connectivity index (χ3n) is 5.83. The number of hydrogen-bond acceptors (Lipinski definition) is 4. The third-order valence-corrected chi connectivity index (χ3v) is 8.15. The summed E-state index contributed by atoms with van der Waals surface area (Å²) in [6.45, 7) is 0. The largest absolute Gasteiger partial charge is 0.361 e. The molecule has 172 valence electrons. The lowest BCUT2D eigenvalue weighted by Gasteiger charge is -2.22. The fourth-order valence-corrected chi connectivity index (χ4v) is 5.99. The second-order valence-corrected chi connectivity index (χ2v) is 10.6. The Kier molecular flexibility index (Phi) is 5.72. The first-order chi connectivity index (χ1) is 16.3. The van der Waals surface area contributed by atoms with Crippen molar-refractivity contribution in [2.45, 2.75) is 21.9 Å². The molecule has 4 aromatic rings. The fourth-order valence-electron chi connectivity index (χ4n) is 4.26. The Bertz CT molecular complexity index is 1550. The van der Waals surface area contributed by atoms with E-state index in [9.17, 15) is 17.6 Å². The average Bonchev–Trinajstić information content (AvgIpc) is 3.21. The zero-order valence-electron chi connectivity index (χ0n) is 17.5. The second kappa shape index (κ2) is 8.58. The predicted molar refractivity (Wildman–Crippen MR) is 130 cm³/mol. The lowest BCUT2D eigenvalue weighted by atomic mass is 9.94. The molecule has 34 heavy (non-hydrogen) atoms. The molecular weight excluding hydrogens is 498 g/mol. The maximum Gasteiger partial charge on any atom is 0.252 e. The highest BCUT2D eigenvalue weighted by Crippen LogP contribution is 2.44. The molecular formula is C25H17Cl2FN2O3S. The number of hydrogen-bond donors (Lipinski definition) is 1. The summed E-state index contributed by atoms with van der Waals surface area (Å²) in [5, 5.41) is 4.30. The fraction of sp³-hybridized carbons (Fsp3) is 0.0800. The molecule has 1 aliphatic heterocycles. The predicted octanol–water partition coefficient (Wildman–Crippen LogP) is 5.88. The number of nitrogens with one attached hydrogen (secondary N) is 1. The van der Waals surface area contributed by atoms with Gasteiger partial charge in [-0.25, -0.2) is 12.8 Å². The molecule has 5 nitrogen and oxygen atoms in total. The van der Waals surface area contributed by atoms with Crippen LogP contribution >= 0.6 is 23.2 Å². The maximum atomic E-state index is 14.5. The molecule has 9 heteroatoms. The minimum Gasteiger partial charge on any atom is -0.361 e. The molecule has 1 aliphatic rings. The number of halogens is 3. The second-order valence-electron chi connectivity index (χ2n) is 7.86. The first-order valence-electron chi connectivity index (χ1n) is 10.3. The van der Waals surface area contributed by atoms with Gasteiger partial charge in [0.1, 0.15) is 21.4 Å². The van der Waals surface area contributed by atoms with Crippen molar-refractivity contribution in [3.05, 3.63) is 122 Å². The van der Waals surface area contributed by atoms with Crippen LogP contribution in [0.5, 0.6) is 0 Å². The van der Waals surface area contributed by atoms with Crippen LogP contribution in [0.3, 0.4) is 0 Å². The van der Waals surface area contributed by atoms with Crippen LogP contribution in [-0.2, 0) is 9.84 Å². The molecule has 1 aromatic heterocycles. The molecule has 1 N–H and O–H groups in total. The van der Waals surface area contributed by atoms with Crippen LogP contribution in [0, 0.1) is 5.82 Å². The van der Waals surface area contributed by atoms with Crippen molar-refractivity contribution in [3.8, 4) is 0 Å². The number of nitrogens with zero attached hydrogens (tertiary/aromatic N) is 1. The highest BCUT2D eigenvalue weighted by atomic mass is 35.5. The number of anilines is 1. The molecule has 0 fully saturated rings. The van der Waals surface area contributed by atoms with Gasteiger partial charge in [-0.3, -0.25) is 9.36 Å². The van der Waals surface area contributed by atoms with E-state index in [1.165, 1.54) is 34.9 Å². The number of pyridine rings is 1. The van der Waals surface area contributed by atoms with Gasteiger partial charge in [0.15, 0.2) is 0 Å². The van der Waals surface area contributed by atoms with Gasteiger partial charge in [-0.05, 0) is 53.6 Å². The van der Waals surface area contributed by atoms with Crippen LogP contribution < -0.4 is 10.9 Å². The van der Waals surface area contributed by atoms with Gasteiger partial charge in [0.25, 0.3) is 5.56 Å². The molecule has 0 unspecified atom stereocenters. The van der Waals surface area contributed by atoms with E-state index in [1.807, 2.05) is 12.1 Å². The molecule has 0 bridgehead atoms. The molecule has 0 spiro atoms. The van der Waals surface area contributed by atoms with Gasteiger partial charge in [-0.1, -0.05) is 59.6 Å². The van der Waals surface area contributed by atoms with Gasteiger partial charge < -0.3 is 5.32 Å². The van der Waals surface area contributed by atoms with E-state index in [4.69, 9.17) is 23.2 Å². The van der Waals surface area contributed by atoms with Gasteiger partial charge in [-0.2, -0.15) is 0 Å². The van der Waals surface area contributed by atoms with E-state index >= 15 is 0 Å². The molecule has 0 amide bonds. The van der Waals surface area contributed by atoms with E-state index in [0.29, 0.717) is 10.0 Å². The Morgan fingerprint density at radius 2 is 1.35 bits per heavy atom. The smallest absolute Gasteiger partial charge is 0.252 e. The summed E-state index contributed by atoms with van der Waals surface area (Å²) in [6.07, 6.45) is 0. The number of fused-ring (bicyclic) bond motifs is 1. The highest BCUT2D eigenvalue weighted by molar-refractivity contribution is 7.91. The molecule has 0 radical (unpaired) electrons. The summed E-state index contributed by atoms with van der Waals surface area (Å²) in [7, 11) is -4.28. The number of sulfone groups is 1. The minimum absolute atomic E-state index is 0.0932. The summed E-state index contributed by atoms with van der Waals surface area (Å²) in [5.41, 5.74) is 1.14. The Hall–Kier alpha value is -3.13. The zero-order chi connectivity index (χ0) is 24.0. The number of aromatic nitrogens is 1. The van der Waals surface area contributed by atoms with Crippen LogP contribution in [0.2, 0.25) is 10.0 Å². The van der Waals surface area contributed by atoms with E-state index in [0.717, 1.165) is 17.2 Å². The molecule has 0 saturated carbocycles. The Morgan fingerprint density at radius 3 is 1.97 bits per heavy atom. The molecule has 2 atom stereocenters. The Morgan fingerprint density at radius 1 is 0.765 bits per heavy atom.